The maximum Gasteiger partial charge on any atom is 0.347 e. The molecule has 0 saturated heterocycles. The van der Waals surface area contributed by atoms with Crippen LogP contribution in [0.1, 0.15) is 37.5 Å². The SMILES string of the molecule is CCc1cccc(CC)c1NC(=O)COC(=O)[C@H](C)Oc1cccc(C)c1. The van der Waals surface area contributed by atoms with Crippen molar-refractivity contribution in [3.05, 3.63) is 59.2 Å². The minimum absolute atomic E-state index is 0.346. The van der Waals surface area contributed by atoms with Crippen LogP contribution in [-0.2, 0) is 27.2 Å². The Morgan fingerprint density at radius 3 is 2.26 bits per heavy atom. The Labute approximate surface area is 160 Å². The number of para-hydroxylation sites is 1. The Bertz CT molecular complexity index is 778. The van der Waals surface area contributed by atoms with Crippen LogP contribution >= 0.6 is 0 Å². The predicted octanol–water partition coefficient (Wildman–Crippen LogP) is 4.07. The van der Waals surface area contributed by atoms with Gasteiger partial charge in [0.1, 0.15) is 5.75 Å². The third-order valence-electron chi connectivity index (χ3n) is 4.24. The fourth-order valence-corrected chi connectivity index (χ4v) is 2.77. The molecule has 2 rings (SSSR count). The van der Waals surface area contributed by atoms with Gasteiger partial charge in [-0.3, -0.25) is 4.79 Å². The van der Waals surface area contributed by atoms with Crippen LogP contribution in [0.25, 0.3) is 0 Å². The van der Waals surface area contributed by atoms with Crippen LogP contribution in [0.2, 0.25) is 0 Å². The third kappa shape index (κ3) is 5.84. The first-order valence-corrected chi connectivity index (χ1v) is 9.25. The fourth-order valence-electron chi connectivity index (χ4n) is 2.77. The maximum atomic E-state index is 12.2. The predicted molar refractivity (Wildman–Crippen MR) is 106 cm³/mol. The van der Waals surface area contributed by atoms with Crippen molar-refractivity contribution in [3.63, 3.8) is 0 Å². The molecule has 0 heterocycles. The van der Waals surface area contributed by atoms with E-state index in [-0.39, 0.29) is 12.5 Å². The third-order valence-corrected chi connectivity index (χ3v) is 4.24. The molecule has 0 unspecified atom stereocenters. The molecule has 144 valence electrons. The number of hydrogen-bond acceptors (Lipinski definition) is 4. The largest absolute Gasteiger partial charge is 0.479 e. The second-order valence-electron chi connectivity index (χ2n) is 6.39. The van der Waals surface area contributed by atoms with Crippen molar-refractivity contribution in [1.82, 2.24) is 0 Å². The number of carbonyl (C=O) groups excluding carboxylic acids is 2. The van der Waals surface area contributed by atoms with Crippen LogP contribution in [0.15, 0.2) is 42.5 Å². The van der Waals surface area contributed by atoms with Gasteiger partial charge < -0.3 is 14.8 Å². The molecule has 0 fully saturated rings. The molecule has 0 aliphatic carbocycles. The number of ether oxygens (including phenoxy) is 2. The minimum Gasteiger partial charge on any atom is -0.479 e. The van der Waals surface area contributed by atoms with Crippen molar-refractivity contribution in [3.8, 4) is 5.75 Å². The van der Waals surface area contributed by atoms with E-state index in [1.54, 1.807) is 13.0 Å². The molecule has 1 atom stereocenters. The lowest BCUT2D eigenvalue weighted by atomic mass is 10.0. The number of benzene rings is 2. The highest BCUT2D eigenvalue weighted by Crippen LogP contribution is 2.22. The van der Waals surface area contributed by atoms with Crippen LogP contribution in [-0.4, -0.2) is 24.6 Å². The van der Waals surface area contributed by atoms with Gasteiger partial charge in [-0.2, -0.15) is 0 Å². The molecule has 0 aromatic heterocycles. The van der Waals surface area contributed by atoms with Crippen molar-refractivity contribution < 1.29 is 19.1 Å². The highest BCUT2D eigenvalue weighted by molar-refractivity contribution is 5.94. The smallest absolute Gasteiger partial charge is 0.347 e. The summed E-state index contributed by atoms with van der Waals surface area (Å²) in [7, 11) is 0. The number of rotatable bonds is 8. The zero-order valence-corrected chi connectivity index (χ0v) is 16.4. The van der Waals surface area contributed by atoms with Gasteiger partial charge in [-0.1, -0.05) is 44.2 Å². The number of carbonyl (C=O) groups is 2. The number of aryl methyl sites for hydroxylation is 3. The quantitative estimate of drug-likeness (QED) is 0.713. The Morgan fingerprint density at radius 1 is 1.04 bits per heavy atom. The van der Waals surface area contributed by atoms with E-state index >= 15 is 0 Å². The molecule has 0 saturated carbocycles. The molecular formula is C22H27NO4. The van der Waals surface area contributed by atoms with E-state index in [1.165, 1.54) is 0 Å². The molecule has 0 radical (unpaired) electrons. The van der Waals surface area contributed by atoms with Crippen molar-refractivity contribution >= 4 is 17.6 Å². The van der Waals surface area contributed by atoms with Gasteiger partial charge in [-0.25, -0.2) is 4.79 Å². The summed E-state index contributed by atoms with van der Waals surface area (Å²) in [4.78, 5) is 24.4. The zero-order chi connectivity index (χ0) is 19.8. The Balaban J connectivity index is 1.91. The van der Waals surface area contributed by atoms with Crippen LogP contribution in [0.4, 0.5) is 5.69 Å². The van der Waals surface area contributed by atoms with Gasteiger partial charge in [-0.05, 0) is 55.5 Å². The molecule has 5 nitrogen and oxygen atoms in total. The number of hydrogen-bond donors (Lipinski definition) is 1. The van der Waals surface area contributed by atoms with Crippen LogP contribution in [0.3, 0.4) is 0 Å². The van der Waals surface area contributed by atoms with E-state index in [9.17, 15) is 9.59 Å². The number of amides is 1. The fraction of sp³-hybridized carbons (Fsp3) is 0.364. The summed E-state index contributed by atoms with van der Waals surface area (Å²) in [5.74, 6) is -0.346. The van der Waals surface area contributed by atoms with Crippen LogP contribution in [0.5, 0.6) is 5.75 Å². The normalized spacial score (nSPS) is 11.6. The van der Waals surface area contributed by atoms with Gasteiger partial charge in [0.2, 0.25) is 0 Å². The van der Waals surface area contributed by atoms with Gasteiger partial charge in [0, 0.05) is 5.69 Å². The summed E-state index contributed by atoms with van der Waals surface area (Å²) in [6, 6.07) is 13.4. The minimum atomic E-state index is -0.797. The Hall–Kier alpha value is -2.82. The number of anilines is 1. The van der Waals surface area contributed by atoms with Crippen molar-refractivity contribution in [2.75, 3.05) is 11.9 Å². The molecule has 0 spiro atoms. The molecule has 2 aromatic rings. The molecule has 27 heavy (non-hydrogen) atoms. The van der Waals surface area contributed by atoms with Crippen molar-refractivity contribution in [2.45, 2.75) is 46.6 Å². The molecule has 1 amide bonds. The van der Waals surface area contributed by atoms with E-state index in [4.69, 9.17) is 9.47 Å². The molecule has 0 aliphatic rings. The van der Waals surface area contributed by atoms with Gasteiger partial charge in [0.05, 0.1) is 0 Å². The van der Waals surface area contributed by atoms with E-state index in [2.05, 4.69) is 5.32 Å². The average Bonchev–Trinajstić information content (AvgIpc) is 2.66. The first-order valence-electron chi connectivity index (χ1n) is 9.25. The topological polar surface area (TPSA) is 64.6 Å². The second kappa shape index (κ2) is 9.76. The van der Waals surface area contributed by atoms with Gasteiger partial charge in [0.25, 0.3) is 5.91 Å². The highest BCUT2D eigenvalue weighted by atomic mass is 16.6. The van der Waals surface area contributed by atoms with Gasteiger partial charge in [0.15, 0.2) is 12.7 Å². The zero-order valence-electron chi connectivity index (χ0n) is 16.4. The Kier molecular flexibility index (Phi) is 7.41. The molecule has 0 bridgehead atoms. The first-order chi connectivity index (χ1) is 12.9. The highest BCUT2D eigenvalue weighted by Gasteiger charge is 2.18. The molecular weight excluding hydrogens is 342 g/mol. The summed E-state index contributed by atoms with van der Waals surface area (Å²) < 4.78 is 10.7. The lowest BCUT2D eigenvalue weighted by Crippen LogP contribution is -2.30. The van der Waals surface area contributed by atoms with E-state index in [0.29, 0.717) is 5.75 Å². The Morgan fingerprint density at radius 2 is 1.67 bits per heavy atom. The lowest BCUT2D eigenvalue weighted by Gasteiger charge is -2.16. The average molecular weight is 369 g/mol. The van der Waals surface area contributed by atoms with Gasteiger partial charge >= 0.3 is 5.97 Å². The number of nitrogens with one attached hydrogen (secondary N) is 1. The standard InChI is InChI=1S/C22H27NO4/c1-5-17-10-8-11-18(6-2)21(17)23-20(24)14-26-22(25)16(4)27-19-12-7-9-15(3)13-19/h7-13,16H,5-6,14H2,1-4H3,(H,23,24)/t16-/m0/s1. The van der Waals surface area contributed by atoms with Crippen molar-refractivity contribution in [2.24, 2.45) is 0 Å². The summed E-state index contributed by atoms with van der Waals surface area (Å²) in [6.07, 6.45) is 0.823. The van der Waals surface area contributed by atoms with E-state index in [1.807, 2.05) is 57.2 Å². The number of esters is 1. The van der Waals surface area contributed by atoms with Crippen LogP contribution in [0, 0.1) is 6.92 Å². The maximum absolute atomic E-state index is 12.2. The lowest BCUT2D eigenvalue weighted by molar-refractivity contribution is -0.153. The van der Waals surface area contributed by atoms with Crippen molar-refractivity contribution in [1.29, 1.82) is 0 Å². The monoisotopic (exact) mass is 369 g/mol. The molecule has 1 N–H and O–H groups in total. The second-order valence-corrected chi connectivity index (χ2v) is 6.39. The molecule has 2 aromatic carbocycles. The first kappa shape index (κ1) is 20.5. The summed E-state index contributed by atoms with van der Waals surface area (Å²) in [6.45, 7) is 7.27. The molecule has 0 aliphatic heterocycles. The summed E-state index contributed by atoms with van der Waals surface area (Å²) in [5.41, 5.74) is 3.97. The van der Waals surface area contributed by atoms with E-state index < -0.39 is 12.1 Å². The summed E-state index contributed by atoms with van der Waals surface area (Å²) >= 11 is 0. The summed E-state index contributed by atoms with van der Waals surface area (Å²) in [5, 5.41) is 2.88. The molecule has 5 heteroatoms. The van der Waals surface area contributed by atoms with Crippen LogP contribution < -0.4 is 10.1 Å². The van der Waals surface area contributed by atoms with Gasteiger partial charge in [-0.15, -0.1) is 0 Å². The van der Waals surface area contributed by atoms with E-state index in [0.717, 1.165) is 35.2 Å².